The second-order valence-corrected chi connectivity index (χ2v) is 17.5. The summed E-state index contributed by atoms with van der Waals surface area (Å²) in [6, 6.07) is 0. The molecule has 0 aliphatic carbocycles. The zero-order valence-electron chi connectivity index (χ0n) is 39.2. The highest BCUT2D eigenvalue weighted by atomic mass is 16.4. The summed E-state index contributed by atoms with van der Waals surface area (Å²) in [5, 5.41) is 44.3. The number of aliphatic hydroxyl groups is 2. The predicted octanol–water partition coefficient (Wildman–Crippen LogP) is 10.9. The minimum absolute atomic E-state index is 0.0817. The molecule has 0 radical (unpaired) electrons. The highest BCUT2D eigenvalue weighted by Gasteiger charge is 2.35. The number of aliphatic carboxylic acids is 2. The van der Waals surface area contributed by atoms with Crippen LogP contribution in [0, 0.1) is 6.92 Å². The van der Waals surface area contributed by atoms with Crippen LogP contribution in [0.15, 0.2) is 124 Å². The average molecular weight is 855 g/mol. The molecule has 0 saturated carbocycles. The zero-order chi connectivity index (χ0) is 46.4. The van der Waals surface area contributed by atoms with Crippen molar-refractivity contribution in [2.45, 2.75) is 146 Å². The number of aromatic nitrogens is 1. The summed E-state index contributed by atoms with van der Waals surface area (Å²) in [5.41, 5.74) is 16.3. The van der Waals surface area contributed by atoms with Gasteiger partial charge in [-0.1, -0.05) is 47.6 Å². The molecule has 4 aliphatic rings. The third kappa shape index (κ3) is 10.3. The van der Waals surface area contributed by atoms with Crippen molar-refractivity contribution in [2.24, 2.45) is 15.0 Å². The number of aliphatic hydroxyl groups excluding tert-OH is 2. The second-order valence-electron chi connectivity index (χ2n) is 17.5. The van der Waals surface area contributed by atoms with Gasteiger partial charge in [-0.15, -0.1) is 0 Å². The number of aliphatic imine (C=N–C) groups is 3. The van der Waals surface area contributed by atoms with Gasteiger partial charge in [-0.25, -0.2) is 15.0 Å². The van der Waals surface area contributed by atoms with Crippen LogP contribution in [0.3, 0.4) is 0 Å². The molecule has 10 nitrogen and oxygen atoms in total. The smallest absolute Gasteiger partial charge is 0.303 e. The van der Waals surface area contributed by atoms with Gasteiger partial charge in [-0.3, -0.25) is 9.59 Å². The van der Waals surface area contributed by atoms with Crippen molar-refractivity contribution >= 4 is 46.3 Å². The zero-order valence-corrected chi connectivity index (χ0v) is 39.2. The minimum atomic E-state index is -0.995. The number of allylic oxidation sites excluding steroid dienone is 13. The van der Waals surface area contributed by atoms with Crippen molar-refractivity contribution in [1.29, 1.82) is 0 Å². The minimum Gasteiger partial charge on any atom is -0.515 e. The molecule has 0 amide bonds. The van der Waals surface area contributed by atoms with Crippen LogP contribution in [0.25, 0.3) is 17.2 Å². The molecule has 1 atom stereocenters. The van der Waals surface area contributed by atoms with Gasteiger partial charge in [-0.05, 0) is 167 Å². The number of carbonyl (C=O) groups is 2. The maximum atomic E-state index is 12.2. The van der Waals surface area contributed by atoms with Gasteiger partial charge in [0.05, 0.1) is 51.9 Å². The SMILES string of the molecule is C=Cc1c(C)c2[nH]c1=C(C)C1=NC(=C(C)C3=C(CCC(=O)O)/C(=C\O)C(=N3)C(C)=C3N=C(C(C(O)CC/C=C(\C)CC/C=C(\C)CCC=C(C)C)=C3C)C=2C)C(CCC(=O)O)=C1C. The molecule has 0 aromatic carbocycles. The lowest BCUT2D eigenvalue weighted by atomic mass is 9.90. The molecule has 10 heteroatoms. The molecule has 5 heterocycles. The first kappa shape index (κ1) is 48.2. The van der Waals surface area contributed by atoms with E-state index in [9.17, 15) is 30.0 Å². The number of aromatic amines is 1. The van der Waals surface area contributed by atoms with Gasteiger partial charge in [0.15, 0.2) is 0 Å². The maximum absolute atomic E-state index is 12.2. The summed E-state index contributed by atoms with van der Waals surface area (Å²) >= 11 is 0. The lowest BCUT2D eigenvalue weighted by molar-refractivity contribution is -0.137. The summed E-state index contributed by atoms with van der Waals surface area (Å²) in [6.45, 7) is 26.5. The first-order valence-electron chi connectivity index (χ1n) is 22.1. The van der Waals surface area contributed by atoms with E-state index in [4.69, 9.17) is 15.0 Å². The Morgan fingerprint density at radius 3 is 1.78 bits per heavy atom. The van der Waals surface area contributed by atoms with Gasteiger partial charge in [0.25, 0.3) is 0 Å². The molecule has 1 unspecified atom stereocenters. The van der Waals surface area contributed by atoms with Gasteiger partial charge in [0, 0.05) is 46.0 Å². The van der Waals surface area contributed by atoms with Crippen LogP contribution < -0.4 is 10.7 Å². The topological polar surface area (TPSA) is 168 Å². The van der Waals surface area contributed by atoms with E-state index < -0.39 is 18.0 Å². The third-order valence-electron chi connectivity index (χ3n) is 12.7. The number of carboxylic acids is 2. The first-order valence-corrected chi connectivity index (χ1v) is 22.1. The third-order valence-corrected chi connectivity index (χ3v) is 12.7. The monoisotopic (exact) mass is 854 g/mol. The number of nitrogens with one attached hydrogen (secondary N) is 1. The van der Waals surface area contributed by atoms with Gasteiger partial charge < -0.3 is 25.4 Å². The molecule has 0 fully saturated rings. The molecule has 1 aromatic heterocycles. The van der Waals surface area contributed by atoms with Crippen LogP contribution >= 0.6 is 0 Å². The Hall–Kier alpha value is -5.87. The van der Waals surface area contributed by atoms with E-state index in [1.165, 1.54) is 16.7 Å². The molecular formula is C53H66N4O6. The van der Waals surface area contributed by atoms with E-state index in [1.807, 2.05) is 54.5 Å². The standard InChI is InChI=1S/C53H66N4O6/c1-13-38-31(6)46-36(11)53-45(42(59)22-16-21-30(5)20-15-19-29(4)18-14-17-28(2)3)33(8)48(56-53)35(10)52-41(27-58)40(24-26-44(62)63)51(57-52)37(12)50-39(23-25-43(60)61)32(7)47(55-50)34(9)49(38)54-46/h13,17,19,21,27,42,54,58-59H,1,14-16,18,20,22-26H2,2-12H3,(H,60,61)(H,62,63)/b29-19+,30-21+,41-27+,46-36?,48-35?,49-34?,50-37?. The largest absolute Gasteiger partial charge is 0.515 e. The number of hydrogen-bond donors (Lipinski definition) is 5. The van der Waals surface area contributed by atoms with E-state index in [2.05, 4.69) is 57.5 Å². The van der Waals surface area contributed by atoms with Gasteiger partial charge in [0.1, 0.15) is 0 Å². The Balaban J connectivity index is 1.70. The van der Waals surface area contributed by atoms with Crippen molar-refractivity contribution in [3.63, 3.8) is 0 Å². The highest BCUT2D eigenvalue weighted by Crippen LogP contribution is 2.43. The predicted molar refractivity (Wildman–Crippen MR) is 258 cm³/mol. The van der Waals surface area contributed by atoms with E-state index in [0.29, 0.717) is 69.4 Å². The molecule has 8 bridgehead atoms. The second kappa shape index (κ2) is 20.5. The summed E-state index contributed by atoms with van der Waals surface area (Å²) in [5.74, 6) is -1.93. The van der Waals surface area contributed by atoms with Crippen LogP contribution in [0.5, 0.6) is 0 Å². The van der Waals surface area contributed by atoms with Crippen molar-refractivity contribution in [3.8, 4) is 0 Å². The normalized spacial score (nSPS) is 18.3. The summed E-state index contributed by atoms with van der Waals surface area (Å²) in [7, 11) is 0. The Bertz CT molecular complexity index is 2650. The molecule has 334 valence electrons. The van der Waals surface area contributed by atoms with E-state index >= 15 is 0 Å². The number of fused-ring (bicyclic) bond motifs is 5. The van der Waals surface area contributed by atoms with Crippen LogP contribution in [0.1, 0.15) is 145 Å². The molecular weight excluding hydrogens is 789 g/mol. The van der Waals surface area contributed by atoms with Crippen molar-refractivity contribution < 1.29 is 30.0 Å². The van der Waals surface area contributed by atoms with Crippen LogP contribution in [0.4, 0.5) is 0 Å². The van der Waals surface area contributed by atoms with E-state index in [0.717, 1.165) is 87.2 Å². The molecule has 5 N–H and O–H groups in total. The fraction of sp³-hybridized carbons (Fsp3) is 0.415. The number of H-pyrrole nitrogens is 1. The fourth-order valence-electron chi connectivity index (χ4n) is 9.11. The Morgan fingerprint density at radius 2 is 1.19 bits per heavy atom. The van der Waals surface area contributed by atoms with Crippen LogP contribution in [-0.2, 0) is 9.59 Å². The molecule has 4 aliphatic heterocycles. The van der Waals surface area contributed by atoms with Crippen molar-refractivity contribution in [1.82, 2.24) is 4.98 Å². The molecule has 63 heavy (non-hydrogen) atoms. The van der Waals surface area contributed by atoms with Crippen molar-refractivity contribution in [3.05, 3.63) is 131 Å². The lowest BCUT2D eigenvalue weighted by Gasteiger charge is -2.16. The number of rotatable bonds is 17. The van der Waals surface area contributed by atoms with Crippen LogP contribution in [-0.4, -0.2) is 60.6 Å². The maximum Gasteiger partial charge on any atom is 0.303 e. The molecule has 5 rings (SSSR count). The quantitative estimate of drug-likeness (QED) is 0.0772. The van der Waals surface area contributed by atoms with Crippen molar-refractivity contribution in [2.75, 3.05) is 0 Å². The Kier molecular flexibility index (Phi) is 15.7. The summed E-state index contributed by atoms with van der Waals surface area (Å²) in [6.07, 6.45) is 14.0. The molecule has 0 spiro atoms. The Morgan fingerprint density at radius 1 is 0.635 bits per heavy atom. The summed E-state index contributed by atoms with van der Waals surface area (Å²) < 4.78 is 0. The van der Waals surface area contributed by atoms with Crippen LogP contribution in [0.2, 0.25) is 0 Å². The number of nitrogens with zero attached hydrogens (tertiary/aromatic N) is 3. The summed E-state index contributed by atoms with van der Waals surface area (Å²) in [4.78, 5) is 43.3. The number of hydrogen-bond acceptors (Lipinski definition) is 7. The first-order chi connectivity index (χ1) is 29.8. The van der Waals surface area contributed by atoms with E-state index in [1.54, 1.807) is 0 Å². The van der Waals surface area contributed by atoms with Gasteiger partial charge >= 0.3 is 11.9 Å². The lowest BCUT2D eigenvalue weighted by Crippen LogP contribution is -2.24. The fourth-order valence-corrected chi connectivity index (χ4v) is 9.11. The molecule has 0 saturated heterocycles. The van der Waals surface area contributed by atoms with Gasteiger partial charge in [0.2, 0.25) is 0 Å². The van der Waals surface area contributed by atoms with E-state index in [-0.39, 0.29) is 25.7 Å². The highest BCUT2D eigenvalue weighted by molar-refractivity contribution is 6.31. The molecule has 1 aromatic rings. The average Bonchev–Trinajstić information content (AvgIpc) is 3.97. The Labute approximate surface area is 372 Å². The number of carboxylic acid groups (broad SMARTS) is 2. The van der Waals surface area contributed by atoms with Gasteiger partial charge in [-0.2, -0.15) is 0 Å².